The topological polar surface area (TPSA) is 136 Å². The van der Waals surface area contributed by atoms with Crippen molar-refractivity contribution in [3.05, 3.63) is 23.7 Å². The first-order valence-corrected chi connectivity index (χ1v) is 12.8. The number of aryl methyl sites for hydroxylation is 1. The number of nitrogens with zero attached hydrogens (tertiary/aromatic N) is 4. The van der Waals surface area contributed by atoms with E-state index >= 15 is 0 Å². The van der Waals surface area contributed by atoms with Crippen LogP contribution in [0.1, 0.15) is 50.4 Å². The standard InChI is InChI=1S/C24H32N6O3S.ClH/c1-11(2)9-26-24-27-12(3)17(22(30-24)28-15-8-14(10-31)20(32)21(15)33)23-29-19-16(34-23)6-7-25-18(19)13-4-5-13;/h6-7,11,13-15,20-21,31-33H,4-5,8-10H2,1-3H3,(H2,26,27,28,30);1H/t14-,15-,20-,21+;/m1./s1. The molecule has 2 fully saturated rings. The Labute approximate surface area is 214 Å². The molecule has 0 aliphatic heterocycles. The second-order valence-corrected chi connectivity index (χ2v) is 10.9. The Kier molecular flexibility index (Phi) is 7.77. The van der Waals surface area contributed by atoms with E-state index in [2.05, 4.69) is 29.5 Å². The Bertz CT molecular complexity index is 1190. The first-order chi connectivity index (χ1) is 16.4. The summed E-state index contributed by atoms with van der Waals surface area (Å²) in [6, 6.07) is 1.55. The number of fused-ring (bicyclic) bond motifs is 1. The smallest absolute Gasteiger partial charge is 0.224 e. The second-order valence-electron chi connectivity index (χ2n) is 9.88. The number of hydrogen-bond donors (Lipinski definition) is 5. The lowest BCUT2D eigenvalue weighted by molar-refractivity contribution is 0.00446. The summed E-state index contributed by atoms with van der Waals surface area (Å²) in [6.07, 6.45) is 2.60. The first-order valence-electron chi connectivity index (χ1n) is 12.0. The molecule has 0 saturated heterocycles. The molecule has 2 aliphatic carbocycles. The van der Waals surface area contributed by atoms with E-state index in [1.807, 2.05) is 19.2 Å². The monoisotopic (exact) mass is 520 g/mol. The summed E-state index contributed by atoms with van der Waals surface area (Å²) in [5.41, 5.74) is 3.56. The maximum absolute atomic E-state index is 10.6. The zero-order valence-electron chi connectivity index (χ0n) is 20.1. The Morgan fingerprint density at radius 3 is 2.57 bits per heavy atom. The molecule has 11 heteroatoms. The van der Waals surface area contributed by atoms with Gasteiger partial charge < -0.3 is 26.0 Å². The lowest BCUT2D eigenvalue weighted by atomic mass is 10.1. The van der Waals surface area contributed by atoms with Gasteiger partial charge in [-0.3, -0.25) is 4.98 Å². The number of aliphatic hydroxyl groups excluding tert-OH is 3. The third-order valence-corrected chi connectivity index (χ3v) is 7.67. The average Bonchev–Trinajstić information content (AvgIpc) is 3.51. The van der Waals surface area contributed by atoms with Gasteiger partial charge in [-0.25, -0.2) is 9.97 Å². The molecule has 5 rings (SSSR count). The molecular formula is C24H33ClN6O3S. The zero-order chi connectivity index (χ0) is 24.0. The molecule has 0 aromatic carbocycles. The quantitative estimate of drug-likeness (QED) is 0.303. The van der Waals surface area contributed by atoms with Gasteiger partial charge in [0.25, 0.3) is 0 Å². The fourth-order valence-electron chi connectivity index (χ4n) is 4.57. The molecule has 3 heterocycles. The maximum Gasteiger partial charge on any atom is 0.224 e. The van der Waals surface area contributed by atoms with Crippen molar-refractivity contribution >= 4 is 45.7 Å². The fraction of sp³-hybridized carbons (Fsp3) is 0.583. The van der Waals surface area contributed by atoms with Crippen LogP contribution in [0, 0.1) is 18.8 Å². The number of thiazole rings is 1. The SMILES string of the molecule is Cc1nc(NCC(C)C)nc(N[C@@H]2C[C@H](CO)[C@@H](O)[C@H]2O)c1-c1nc2c(C3CC3)nccc2s1.Cl. The van der Waals surface area contributed by atoms with E-state index in [0.717, 1.165) is 51.6 Å². The Balaban J connectivity index is 0.00000289. The predicted octanol–water partition coefficient (Wildman–Crippen LogP) is 3.34. The number of pyridine rings is 1. The largest absolute Gasteiger partial charge is 0.396 e. The van der Waals surface area contributed by atoms with Gasteiger partial charge in [0.2, 0.25) is 5.95 Å². The minimum absolute atomic E-state index is 0. The molecule has 0 spiro atoms. The molecule has 3 aromatic heterocycles. The number of aromatic nitrogens is 4. The molecule has 5 N–H and O–H groups in total. The Morgan fingerprint density at radius 2 is 1.91 bits per heavy atom. The van der Waals surface area contributed by atoms with Gasteiger partial charge in [-0.2, -0.15) is 4.98 Å². The number of rotatable bonds is 8. The van der Waals surface area contributed by atoms with Gasteiger partial charge in [-0.1, -0.05) is 13.8 Å². The Hall–Kier alpha value is -2.11. The van der Waals surface area contributed by atoms with E-state index in [-0.39, 0.29) is 24.9 Å². The number of hydrogen-bond acceptors (Lipinski definition) is 10. The molecule has 4 atom stereocenters. The number of halogens is 1. The van der Waals surface area contributed by atoms with Crippen LogP contribution < -0.4 is 10.6 Å². The van der Waals surface area contributed by atoms with Crippen molar-refractivity contribution in [1.29, 1.82) is 0 Å². The number of anilines is 2. The summed E-state index contributed by atoms with van der Waals surface area (Å²) in [4.78, 5) is 19.0. The van der Waals surface area contributed by atoms with E-state index < -0.39 is 18.2 Å². The van der Waals surface area contributed by atoms with Gasteiger partial charge in [0.05, 0.1) is 33.8 Å². The molecular weight excluding hydrogens is 488 g/mol. The fourth-order valence-corrected chi connectivity index (χ4v) is 5.64. The highest BCUT2D eigenvalue weighted by atomic mass is 35.5. The van der Waals surface area contributed by atoms with E-state index in [4.69, 9.17) is 15.0 Å². The van der Waals surface area contributed by atoms with Gasteiger partial charge >= 0.3 is 0 Å². The van der Waals surface area contributed by atoms with Crippen LogP contribution in [0.25, 0.3) is 20.8 Å². The average molecular weight is 521 g/mol. The Morgan fingerprint density at radius 1 is 1.14 bits per heavy atom. The lowest BCUT2D eigenvalue weighted by Gasteiger charge is -2.21. The summed E-state index contributed by atoms with van der Waals surface area (Å²) in [5.74, 6) is 1.60. The summed E-state index contributed by atoms with van der Waals surface area (Å²) < 4.78 is 1.08. The second kappa shape index (κ2) is 10.5. The lowest BCUT2D eigenvalue weighted by Crippen LogP contribution is -2.35. The van der Waals surface area contributed by atoms with Crippen LogP contribution in [-0.2, 0) is 0 Å². The molecule has 190 valence electrons. The van der Waals surface area contributed by atoms with Crippen LogP contribution in [0.5, 0.6) is 0 Å². The molecule has 2 aliphatic rings. The predicted molar refractivity (Wildman–Crippen MR) is 140 cm³/mol. The molecule has 0 radical (unpaired) electrons. The molecule has 0 bridgehead atoms. The van der Waals surface area contributed by atoms with Crippen LogP contribution in [0.3, 0.4) is 0 Å². The molecule has 3 aromatic rings. The van der Waals surface area contributed by atoms with Crippen molar-refractivity contribution in [3.63, 3.8) is 0 Å². The molecule has 0 amide bonds. The molecule has 2 saturated carbocycles. The highest BCUT2D eigenvalue weighted by Crippen LogP contribution is 2.44. The van der Waals surface area contributed by atoms with Crippen molar-refractivity contribution in [1.82, 2.24) is 19.9 Å². The van der Waals surface area contributed by atoms with Crippen LogP contribution >= 0.6 is 23.7 Å². The summed E-state index contributed by atoms with van der Waals surface area (Å²) >= 11 is 1.58. The highest BCUT2D eigenvalue weighted by molar-refractivity contribution is 7.21. The van der Waals surface area contributed by atoms with E-state index in [1.54, 1.807) is 11.3 Å². The molecule has 9 nitrogen and oxygen atoms in total. The van der Waals surface area contributed by atoms with E-state index in [1.165, 1.54) is 0 Å². The first kappa shape index (κ1) is 26.0. The van der Waals surface area contributed by atoms with Gasteiger partial charge in [0.15, 0.2) is 0 Å². The van der Waals surface area contributed by atoms with Crippen LogP contribution in [-0.4, -0.2) is 66.7 Å². The third-order valence-electron chi connectivity index (χ3n) is 6.63. The van der Waals surface area contributed by atoms with Gasteiger partial charge in [-0.05, 0) is 38.2 Å². The third kappa shape index (κ3) is 5.22. The summed E-state index contributed by atoms with van der Waals surface area (Å²) in [7, 11) is 0. The molecule has 35 heavy (non-hydrogen) atoms. The highest BCUT2D eigenvalue weighted by Gasteiger charge is 2.41. The minimum atomic E-state index is -1.01. The van der Waals surface area contributed by atoms with Gasteiger partial charge in [-0.15, -0.1) is 23.7 Å². The van der Waals surface area contributed by atoms with Gasteiger partial charge in [0, 0.05) is 31.2 Å². The van der Waals surface area contributed by atoms with Gasteiger partial charge in [0.1, 0.15) is 22.4 Å². The van der Waals surface area contributed by atoms with Crippen LogP contribution in [0.15, 0.2) is 12.3 Å². The van der Waals surface area contributed by atoms with Crippen LogP contribution in [0.2, 0.25) is 0 Å². The van der Waals surface area contributed by atoms with Crippen LogP contribution in [0.4, 0.5) is 11.8 Å². The summed E-state index contributed by atoms with van der Waals surface area (Å²) in [6.45, 7) is 6.72. The normalized spacial score (nSPS) is 24.1. The van der Waals surface area contributed by atoms with E-state index in [9.17, 15) is 15.3 Å². The summed E-state index contributed by atoms with van der Waals surface area (Å²) in [5, 5.41) is 38.0. The van der Waals surface area contributed by atoms with Crippen molar-refractivity contribution < 1.29 is 15.3 Å². The van der Waals surface area contributed by atoms with E-state index in [0.29, 0.717) is 30.0 Å². The maximum atomic E-state index is 10.6. The number of aliphatic hydroxyl groups is 3. The number of nitrogens with one attached hydrogen (secondary N) is 2. The van der Waals surface area contributed by atoms with Crippen molar-refractivity contribution in [3.8, 4) is 10.6 Å². The van der Waals surface area contributed by atoms with Crippen molar-refractivity contribution in [2.45, 2.75) is 64.2 Å². The zero-order valence-corrected chi connectivity index (χ0v) is 21.7. The minimum Gasteiger partial charge on any atom is -0.396 e. The van der Waals surface area contributed by atoms with Crippen molar-refractivity contribution in [2.24, 2.45) is 11.8 Å². The van der Waals surface area contributed by atoms with Crippen molar-refractivity contribution in [2.75, 3.05) is 23.8 Å². The molecule has 0 unspecified atom stereocenters.